The van der Waals surface area contributed by atoms with Crippen LogP contribution in [0, 0.1) is 6.92 Å². The van der Waals surface area contributed by atoms with Crippen LogP contribution in [0.4, 0.5) is 0 Å². The van der Waals surface area contributed by atoms with Crippen LogP contribution in [0.25, 0.3) is 0 Å². The van der Waals surface area contributed by atoms with Crippen molar-refractivity contribution in [2.45, 2.75) is 51.9 Å². The molecule has 1 aliphatic heterocycles. The van der Waals surface area contributed by atoms with E-state index in [1.54, 1.807) is 6.07 Å². The van der Waals surface area contributed by atoms with Crippen LogP contribution in [0.15, 0.2) is 21.1 Å². The van der Waals surface area contributed by atoms with Gasteiger partial charge in [0.15, 0.2) is 11.6 Å². The Kier molecular flexibility index (Phi) is 4.79. The van der Waals surface area contributed by atoms with Gasteiger partial charge in [-0.3, -0.25) is 4.79 Å². The minimum Gasteiger partial charge on any atom is -0.456 e. The number of aryl methyl sites for hydroxylation is 2. The molecule has 0 bridgehead atoms. The Balaban J connectivity index is 1.66. The van der Waals surface area contributed by atoms with E-state index in [2.05, 4.69) is 17.1 Å². The van der Waals surface area contributed by atoms with E-state index in [-0.39, 0.29) is 11.8 Å². The van der Waals surface area contributed by atoms with Crippen molar-refractivity contribution < 1.29 is 13.7 Å². The summed E-state index contributed by atoms with van der Waals surface area (Å²) in [6.07, 6.45) is 4.92. The van der Waals surface area contributed by atoms with E-state index in [0.717, 1.165) is 50.2 Å². The van der Waals surface area contributed by atoms with Gasteiger partial charge in [-0.25, -0.2) is 0 Å². The molecule has 0 saturated carbocycles. The first-order valence-corrected chi connectivity index (χ1v) is 8.35. The first-order chi connectivity index (χ1) is 11.2. The highest BCUT2D eigenvalue weighted by molar-refractivity contribution is 5.91. The number of hydrogen-bond donors (Lipinski definition) is 0. The summed E-state index contributed by atoms with van der Waals surface area (Å²) in [7, 11) is 0. The topological polar surface area (TPSA) is 72.4 Å². The van der Waals surface area contributed by atoms with Crippen molar-refractivity contribution in [1.82, 2.24) is 15.0 Å². The fourth-order valence-corrected chi connectivity index (χ4v) is 2.94. The minimum absolute atomic E-state index is 0.0616. The fourth-order valence-electron chi connectivity index (χ4n) is 2.94. The average molecular weight is 317 g/mol. The number of rotatable bonds is 5. The predicted molar refractivity (Wildman–Crippen MR) is 84.2 cm³/mol. The van der Waals surface area contributed by atoms with Crippen LogP contribution >= 0.6 is 0 Å². The second kappa shape index (κ2) is 6.98. The van der Waals surface area contributed by atoms with Crippen LogP contribution in [0.2, 0.25) is 0 Å². The van der Waals surface area contributed by atoms with Gasteiger partial charge in [0, 0.05) is 19.5 Å². The molecular weight excluding hydrogens is 294 g/mol. The van der Waals surface area contributed by atoms with E-state index in [0.29, 0.717) is 18.2 Å². The Morgan fingerprint density at radius 1 is 1.43 bits per heavy atom. The molecule has 23 heavy (non-hydrogen) atoms. The Morgan fingerprint density at radius 3 is 3.04 bits per heavy atom. The molecule has 1 fully saturated rings. The van der Waals surface area contributed by atoms with Crippen molar-refractivity contribution in [1.29, 1.82) is 0 Å². The highest BCUT2D eigenvalue weighted by Gasteiger charge is 2.30. The van der Waals surface area contributed by atoms with Gasteiger partial charge in [-0.05, 0) is 38.3 Å². The normalized spacial score (nSPS) is 18.3. The van der Waals surface area contributed by atoms with Crippen molar-refractivity contribution in [2.75, 3.05) is 13.1 Å². The number of piperidine rings is 1. The molecule has 0 aliphatic carbocycles. The maximum Gasteiger partial charge on any atom is 0.289 e. The quantitative estimate of drug-likeness (QED) is 0.845. The molecular formula is C17H23N3O3. The number of unbranched alkanes of at least 4 members (excludes halogenated alkanes) is 1. The van der Waals surface area contributed by atoms with Gasteiger partial charge >= 0.3 is 0 Å². The summed E-state index contributed by atoms with van der Waals surface area (Å²) < 4.78 is 10.9. The third kappa shape index (κ3) is 3.63. The predicted octanol–water partition coefficient (Wildman–Crippen LogP) is 3.33. The molecule has 3 heterocycles. The van der Waals surface area contributed by atoms with Gasteiger partial charge < -0.3 is 13.8 Å². The molecule has 0 aromatic carbocycles. The molecule has 124 valence electrons. The molecule has 2 aromatic heterocycles. The number of nitrogens with zero attached hydrogens (tertiary/aromatic N) is 3. The first kappa shape index (κ1) is 15.8. The highest BCUT2D eigenvalue weighted by atomic mass is 16.5. The summed E-state index contributed by atoms with van der Waals surface area (Å²) in [5, 5.41) is 4.05. The molecule has 1 saturated heterocycles. The highest BCUT2D eigenvalue weighted by Crippen LogP contribution is 2.27. The lowest BCUT2D eigenvalue weighted by molar-refractivity contribution is 0.0662. The third-order valence-corrected chi connectivity index (χ3v) is 4.25. The molecule has 6 nitrogen and oxygen atoms in total. The van der Waals surface area contributed by atoms with E-state index in [4.69, 9.17) is 8.94 Å². The van der Waals surface area contributed by atoms with Gasteiger partial charge in [0.25, 0.3) is 5.91 Å². The number of likely N-dealkylation sites (tertiary alicyclic amines) is 1. The Labute approximate surface area is 135 Å². The van der Waals surface area contributed by atoms with Crippen LogP contribution in [-0.4, -0.2) is 34.0 Å². The number of amides is 1. The number of aromatic nitrogens is 2. The lowest BCUT2D eigenvalue weighted by atomic mass is 9.97. The van der Waals surface area contributed by atoms with Crippen molar-refractivity contribution in [3.05, 3.63) is 35.4 Å². The Morgan fingerprint density at radius 2 is 2.30 bits per heavy atom. The molecule has 3 rings (SSSR count). The molecule has 0 N–H and O–H groups in total. The first-order valence-electron chi connectivity index (χ1n) is 8.35. The van der Waals surface area contributed by atoms with E-state index in [1.807, 2.05) is 17.9 Å². The smallest absolute Gasteiger partial charge is 0.289 e. The van der Waals surface area contributed by atoms with Crippen LogP contribution in [0.1, 0.15) is 66.6 Å². The van der Waals surface area contributed by atoms with Gasteiger partial charge in [-0.15, -0.1) is 0 Å². The van der Waals surface area contributed by atoms with Gasteiger partial charge in [0.05, 0.1) is 5.92 Å². The van der Waals surface area contributed by atoms with Gasteiger partial charge in [-0.1, -0.05) is 18.5 Å². The molecule has 1 aliphatic rings. The summed E-state index contributed by atoms with van der Waals surface area (Å²) in [6.45, 7) is 5.33. The lowest BCUT2D eigenvalue weighted by Crippen LogP contribution is -2.39. The van der Waals surface area contributed by atoms with E-state index < -0.39 is 0 Å². The lowest BCUT2D eigenvalue weighted by Gasteiger charge is -2.30. The minimum atomic E-state index is -0.0616. The molecule has 0 spiro atoms. The molecule has 1 amide bonds. The monoisotopic (exact) mass is 317 g/mol. The van der Waals surface area contributed by atoms with Crippen molar-refractivity contribution in [3.63, 3.8) is 0 Å². The fraction of sp³-hybridized carbons (Fsp3) is 0.588. The maximum atomic E-state index is 12.5. The number of carbonyl (C=O) groups excluding carboxylic acids is 1. The van der Waals surface area contributed by atoms with Crippen molar-refractivity contribution in [3.8, 4) is 0 Å². The van der Waals surface area contributed by atoms with Crippen LogP contribution in [0.3, 0.4) is 0 Å². The van der Waals surface area contributed by atoms with Gasteiger partial charge in [-0.2, -0.15) is 4.98 Å². The third-order valence-electron chi connectivity index (χ3n) is 4.25. The number of carbonyl (C=O) groups is 1. The summed E-state index contributed by atoms with van der Waals surface area (Å²) in [5.41, 5.74) is 0. The van der Waals surface area contributed by atoms with Crippen LogP contribution < -0.4 is 0 Å². The van der Waals surface area contributed by atoms with E-state index >= 15 is 0 Å². The summed E-state index contributed by atoms with van der Waals surface area (Å²) in [5.74, 6) is 2.63. The molecule has 1 atom stereocenters. The second-order valence-corrected chi connectivity index (χ2v) is 6.15. The van der Waals surface area contributed by atoms with Crippen molar-refractivity contribution >= 4 is 5.91 Å². The van der Waals surface area contributed by atoms with Crippen LogP contribution in [-0.2, 0) is 6.42 Å². The second-order valence-electron chi connectivity index (χ2n) is 6.15. The largest absolute Gasteiger partial charge is 0.456 e. The zero-order valence-electron chi connectivity index (χ0n) is 13.7. The summed E-state index contributed by atoms with van der Waals surface area (Å²) in [6, 6.07) is 3.55. The molecule has 2 aromatic rings. The van der Waals surface area contributed by atoms with Crippen LogP contribution in [0.5, 0.6) is 0 Å². The average Bonchev–Trinajstić information content (AvgIpc) is 3.21. The number of hydrogen-bond acceptors (Lipinski definition) is 5. The summed E-state index contributed by atoms with van der Waals surface area (Å²) >= 11 is 0. The zero-order chi connectivity index (χ0) is 16.2. The Hall–Kier alpha value is -2.11. The molecule has 0 radical (unpaired) electrons. The molecule has 6 heteroatoms. The van der Waals surface area contributed by atoms with E-state index in [9.17, 15) is 4.79 Å². The number of furan rings is 1. The van der Waals surface area contributed by atoms with Gasteiger partial charge in [0.2, 0.25) is 5.89 Å². The standard InChI is InChI=1S/C17H23N3O3/c1-3-4-7-15-18-16(23-19-15)13-6-5-10-20(11-13)17(21)14-9-8-12(2)22-14/h8-9,13H,3-7,10-11H2,1-2H3/t13-/m1/s1. The van der Waals surface area contributed by atoms with Crippen molar-refractivity contribution in [2.24, 2.45) is 0 Å². The molecule has 0 unspecified atom stereocenters. The summed E-state index contributed by atoms with van der Waals surface area (Å²) in [4.78, 5) is 18.8. The zero-order valence-corrected chi connectivity index (χ0v) is 13.7. The maximum absolute atomic E-state index is 12.5. The SMILES string of the molecule is CCCCc1noc([C@@H]2CCCN(C(=O)c3ccc(C)o3)C2)n1. The van der Waals surface area contributed by atoms with Gasteiger partial charge in [0.1, 0.15) is 5.76 Å². The van der Waals surface area contributed by atoms with E-state index in [1.165, 1.54) is 0 Å². The Bertz CT molecular complexity index is 662.